The lowest BCUT2D eigenvalue weighted by Gasteiger charge is -2.18. The third-order valence-electron chi connectivity index (χ3n) is 3.94. The Labute approximate surface area is 156 Å². The van der Waals surface area contributed by atoms with Crippen molar-refractivity contribution in [1.82, 2.24) is 18.9 Å². The number of nitrogens with zero attached hydrogens (tertiary/aromatic N) is 4. The number of hydrogen-bond acceptors (Lipinski definition) is 5. The highest BCUT2D eigenvalue weighted by Crippen LogP contribution is 2.24. The van der Waals surface area contributed by atoms with E-state index in [1.54, 1.807) is 36.4 Å². The van der Waals surface area contributed by atoms with E-state index >= 15 is 0 Å². The quantitative estimate of drug-likeness (QED) is 0.576. The molecule has 0 fully saturated rings. The number of thioether (sulfide) groups is 1. The minimum absolute atomic E-state index is 0.195. The first kappa shape index (κ1) is 18.8. The number of aromatic nitrogens is 3. The third-order valence-corrected chi connectivity index (χ3v) is 6.99. The summed E-state index contributed by atoms with van der Waals surface area (Å²) in [7, 11) is -3.56. The van der Waals surface area contributed by atoms with Gasteiger partial charge >= 0.3 is 0 Å². The van der Waals surface area contributed by atoms with Crippen molar-refractivity contribution >= 4 is 27.4 Å². The Bertz CT molecular complexity index is 1020. The van der Waals surface area contributed by atoms with Crippen LogP contribution in [-0.4, -0.2) is 40.4 Å². The van der Waals surface area contributed by atoms with E-state index in [9.17, 15) is 12.8 Å². The molecule has 2 heterocycles. The molecule has 0 saturated carbocycles. The summed E-state index contributed by atoms with van der Waals surface area (Å²) in [5.74, 6) is 0.216. The molecule has 6 nitrogen and oxygen atoms in total. The number of halogens is 1. The van der Waals surface area contributed by atoms with Gasteiger partial charge in [0.2, 0.25) is 10.0 Å². The SMILES string of the molecule is CCN(CC)S(=O)(=O)c1ccc2nnc(SCc3cccc(F)c3)n2c1. The second kappa shape index (κ2) is 7.73. The van der Waals surface area contributed by atoms with Crippen LogP contribution in [0.3, 0.4) is 0 Å². The molecule has 0 saturated heterocycles. The fraction of sp³-hybridized carbons (Fsp3) is 0.294. The van der Waals surface area contributed by atoms with Gasteiger partial charge in [-0.15, -0.1) is 10.2 Å². The smallest absolute Gasteiger partial charge is 0.244 e. The first-order valence-corrected chi connectivity index (χ1v) is 10.6. The van der Waals surface area contributed by atoms with Crippen molar-refractivity contribution in [2.75, 3.05) is 13.1 Å². The molecule has 0 spiro atoms. The van der Waals surface area contributed by atoms with Gasteiger partial charge in [-0.3, -0.25) is 4.40 Å². The zero-order valence-electron chi connectivity index (χ0n) is 14.5. The molecule has 0 unspecified atom stereocenters. The molecule has 0 aliphatic heterocycles. The Morgan fingerprint density at radius 2 is 1.92 bits per heavy atom. The minimum atomic E-state index is -3.56. The molecule has 0 radical (unpaired) electrons. The Morgan fingerprint density at radius 3 is 2.62 bits per heavy atom. The van der Waals surface area contributed by atoms with Crippen LogP contribution in [-0.2, 0) is 15.8 Å². The minimum Gasteiger partial charge on any atom is -0.276 e. The van der Waals surface area contributed by atoms with Crippen molar-refractivity contribution in [2.45, 2.75) is 29.7 Å². The van der Waals surface area contributed by atoms with Crippen molar-refractivity contribution in [1.29, 1.82) is 0 Å². The molecule has 2 aromatic heterocycles. The third kappa shape index (κ3) is 3.74. The fourth-order valence-electron chi connectivity index (χ4n) is 2.59. The van der Waals surface area contributed by atoms with Crippen LogP contribution in [0.1, 0.15) is 19.4 Å². The summed E-state index contributed by atoms with van der Waals surface area (Å²) in [4.78, 5) is 0.195. The van der Waals surface area contributed by atoms with E-state index in [2.05, 4.69) is 10.2 Å². The van der Waals surface area contributed by atoms with Crippen molar-refractivity contribution in [3.05, 3.63) is 54.0 Å². The van der Waals surface area contributed by atoms with Crippen LogP contribution in [0.4, 0.5) is 4.39 Å². The molecule has 0 atom stereocenters. The van der Waals surface area contributed by atoms with Crippen LogP contribution in [0.5, 0.6) is 0 Å². The van der Waals surface area contributed by atoms with E-state index < -0.39 is 10.0 Å². The van der Waals surface area contributed by atoms with Gasteiger partial charge in [-0.05, 0) is 29.8 Å². The molecule has 138 valence electrons. The Morgan fingerprint density at radius 1 is 1.15 bits per heavy atom. The van der Waals surface area contributed by atoms with Gasteiger partial charge in [0.25, 0.3) is 0 Å². The second-order valence-corrected chi connectivity index (χ2v) is 8.46. The van der Waals surface area contributed by atoms with Crippen LogP contribution >= 0.6 is 11.8 Å². The van der Waals surface area contributed by atoms with Gasteiger partial charge in [-0.2, -0.15) is 4.31 Å². The average molecular weight is 394 g/mol. The van der Waals surface area contributed by atoms with E-state index in [4.69, 9.17) is 0 Å². The maximum atomic E-state index is 13.3. The maximum absolute atomic E-state index is 13.3. The molecule has 3 aromatic rings. The van der Waals surface area contributed by atoms with E-state index in [-0.39, 0.29) is 10.7 Å². The summed E-state index contributed by atoms with van der Waals surface area (Å²) in [5, 5.41) is 8.74. The van der Waals surface area contributed by atoms with Gasteiger partial charge in [0.05, 0.1) is 4.90 Å². The van der Waals surface area contributed by atoms with Crippen LogP contribution in [0.15, 0.2) is 52.6 Å². The molecule has 3 rings (SSSR count). The van der Waals surface area contributed by atoms with Crippen LogP contribution < -0.4 is 0 Å². The van der Waals surface area contributed by atoms with Crippen molar-refractivity contribution < 1.29 is 12.8 Å². The molecule has 26 heavy (non-hydrogen) atoms. The topological polar surface area (TPSA) is 67.6 Å². The van der Waals surface area contributed by atoms with Gasteiger partial charge in [0, 0.05) is 25.0 Å². The highest BCUT2D eigenvalue weighted by atomic mass is 32.2. The number of benzene rings is 1. The fourth-order valence-corrected chi connectivity index (χ4v) is 4.90. The molecular weight excluding hydrogens is 375 g/mol. The summed E-state index contributed by atoms with van der Waals surface area (Å²) >= 11 is 1.37. The van der Waals surface area contributed by atoms with E-state index in [1.165, 1.54) is 34.4 Å². The van der Waals surface area contributed by atoms with Crippen LogP contribution in [0.25, 0.3) is 5.65 Å². The lowest BCUT2D eigenvalue weighted by atomic mass is 10.2. The lowest BCUT2D eigenvalue weighted by Crippen LogP contribution is -2.30. The van der Waals surface area contributed by atoms with Gasteiger partial charge in [-0.25, -0.2) is 12.8 Å². The van der Waals surface area contributed by atoms with Crippen LogP contribution in [0.2, 0.25) is 0 Å². The number of hydrogen-bond donors (Lipinski definition) is 0. The highest BCUT2D eigenvalue weighted by Gasteiger charge is 2.22. The number of sulfonamides is 1. The monoisotopic (exact) mass is 394 g/mol. The zero-order valence-corrected chi connectivity index (χ0v) is 16.1. The standard InChI is InChI=1S/C17H19FN4O2S2/c1-3-21(4-2)26(23,24)15-8-9-16-19-20-17(22(16)11-15)25-12-13-6-5-7-14(18)10-13/h5-11H,3-4,12H2,1-2H3. The average Bonchev–Trinajstić information content (AvgIpc) is 3.03. The lowest BCUT2D eigenvalue weighted by molar-refractivity contribution is 0.445. The van der Waals surface area contributed by atoms with Crippen molar-refractivity contribution in [3.8, 4) is 0 Å². The number of fused-ring (bicyclic) bond motifs is 1. The highest BCUT2D eigenvalue weighted by molar-refractivity contribution is 7.98. The second-order valence-electron chi connectivity index (χ2n) is 5.58. The first-order chi connectivity index (χ1) is 12.5. The summed E-state index contributed by atoms with van der Waals surface area (Å²) in [6.45, 7) is 4.41. The van der Waals surface area contributed by atoms with Gasteiger partial charge in [0.15, 0.2) is 10.8 Å². The maximum Gasteiger partial charge on any atom is 0.244 e. The number of rotatable bonds is 7. The Balaban J connectivity index is 1.91. The predicted octanol–water partition coefficient (Wildman–Crippen LogP) is 3.19. The van der Waals surface area contributed by atoms with E-state index in [0.29, 0.717) is 29.6 Å². The summed E-state index contributed by atoms with van der Waals surface area (Å²) in [6.07, 6.45) is 1.54. The molecule has 0 bridgehead atoms. The molecule has 0 amide bonds. The van der Waals surface area contributed by atoms with Gasteiger partial charge in [-0.1, -0.05) is 37.7 Å². The van der Waals surface area contributed by atoms with E-state index in [0.717, 1.165) is 5.56 Å². The molecule has 0 aliphatic rings. The summed E-state index contributed by atoms with van der Waals surface area (Å²) in [6, 6.07) is 9.52. The van der Waals surface area contributed by atoms with Gasteiger partial charge in [0.1, 0.15) is 5.82 Å². The molecule has 1 aromatic carbocycles. The van der Waals surface area contributed by atoms with Crippen molar-refractivity contribution in [2.24, 2.45) is 0 Å². The van der Waals surface area contributed by atoms with Crippen LogP contribution in [0, 0.1) is 5.82 Å². The zero-order chi connectivity index (χ0) is 18.7. The van der Waals surface area contributed by atoms with E-state index in [1.807, 2.05) is 6.07 Å². The number of pyridine rings is 1. The molecule has 0 N–H and O–H groups in total. The van der Waals surface area contributed by atoms with Crippen molar-refractivity contribution in [3.63, 3.8) is 0 Å². The first-order valence-electron chi connectivity index (χ1n) is 8.18. The summed E-state index contributed by atoms with van der Waals surface area (Å²) < 4.78 is 41.8. The van der Waals surface area contributed by atoms with Gasteiger partial charge < -0.3 is 0 Å². The normalized spacial score (nSPS) is 12.2. The molecule has 9 heteroatoms. The Kier molecular flexibility index (Phi) is 5.59. The Hall–Kier alpha value is -1.97. The summed E-state index contributed by atoms with van der Waals surface area (Å²) in [5.41, 5.74) is 1.38. The molecule has 0 aliphatic carbocycles. The largest absolute Gasteiger partial charge is 0.276 e. The molecular formula is C17H19FN4O2S2. The predicted molar refractivity (Wildman–Crippen MR) is 99.1 cm³/mol.